The molecular formula is C24H19FN2O4S. The topological polar surface area (TPSA) is 86.7 Å². The molecule has 0 aliphatic carbocycles. The summed E-state index contributed by atoms with van der Waals surface area (Å²) >= 11 is 1.40. The maximum atomic E-state index is 13.6. The van der Waals surface area contributed by atoms with Crippen LogP contribution in [0.25, 0.3) is 0 Å². The van der Waals surface area contributed by atoms with E-state index in [9.17, 15) is 23.9 Å². The number of fused-ring (bicyclic) bond motifs is 1. The molecule has 0 spiro atoms. The number of carboxylic acid groups (broad SMARTS) is 1. The van der Waals surface area contributed by atoms with E-state index in [1.807, 2.05) is 23.6 Å². The molecule has 3 heterocycles. The number of carboxylic acids is 1. The van der Waals surface area contributed by atoms with Crippen LogP contribution in [0, 0.1) is 17.7 Å². The van der Waals surface area contributed by atoms with E-state index in [4.69, 9.17) is 0 Å². The summed E-state index contributed by atoms with van der Waals surface area (Å²) in [5.74, 6) is -4.73. The van der Waals surface area contributed by atoms with E-state index in [1.54, 1.807) is 24.3 Å². The molecule has 32 heavy (non-hydrogen) atoms. The Labute approximate surface area is 187 Å². The third-order valence-corrected chi connectivity index (χ3v) is 7.25. The van der Waals surface area contributed by atoms with Crippen molar-refractivity contribution in [3.05, 3.63) is 88.4 Å². The van der Waals surface area contributed by atoms with Gasteiger partial charge in [0, 0.05) is 11.3 Å². The van der Waals surface area contributed by atoms with Crippen molar-refractivity contribution in [2.75, 3.05) is 4.90 Å². The second kappa shape index (κ2) is 7.65. The Hall–Kier alpha value is -3.36. The summed E-state index contributed by atoms with van der Waals surface area (Å²) in [5, 5.41) is 15.4. The molecule has 162 valence electrons. The highest BCUT2D eigenvalue weighted by Gasteiger charge is 2.68. The molecule has 0 bridgehead atoms. The third-order valence-electron chi connectivity index (χ3n) is 6.30. The van der Waals surface area contributed by atoms with E-state index in [2.05, 4.69) is 5.32 Å². The van der Waals surface area contributed by atoms with Gasteiger partial charge < -0.3 is 5.11 Å². The fourth-order valence-electron chi connectivity index (χ4n) is 4.91. The van der Waals surface area contributed by atoms with Crippen molar-refractivity contribution < 1.29 is 23.9 Å². The molecule has 2 amide bonds. The summed E-state index contributed by atoms with van der Waals surface area (Å²) in [6.45, 7) is 0. The molecule has 5 rings (SSSR count). The molecule has 2 aliphatic rings. The molecule has 2 N–H and O–H groups in total. The second-order valence-corrected chi connectivity index (χ2v) is 9.05. The van der Waals surface area contributed by atoms with Crippen LogP contribution >= 0.6 is 11.3 Å². The lowest BCUT2D eigenvalue weighted by atomic mass is 9.76. The molecule has 6 nitrogen and oxygen atoms in total. The average Bonchev–Trinajstić information content (AvgIpc) is 3.48. The largest absolute Gasteiger partial charge is 0.480 e. The number of rotatable bonds is 5. The van der Waals surface area contributed by atoms with Gasteiger partial charge in [-0.2, -0.15) is 0 Å². The molecule has 0 radical (unpaired) electrons. The van der Waals surface area contributed by atoms with E-state index >= 15 is 0 Å². The van der Waals surface area contributed by atoms with Crippen LogP contribution in [0.2, 0.25) is 0 Å². The molecule has 0 saturated carbocycles. The Morgan fingerprint density at radius 2 is 1.75 bits per heavy atom. The van der Waals surface area contributed by atoms with Crippen LogP contribution in [0.3, 0.4) is 0 Å². The second-order valence-electron chi connectivity index (χ2n) is 8.07. The summed E-state index contributed by atoms with van der Waals surface area (Å²) in [4.78, 5) is 41.7. The van der Waals surface area contributed by atoms with Gasteiger partial charge >= 0.3 is 5.97 Å². The summed E-state index contributed by atoms with van der Waals surface area (Å²) in [6.07, 6.45) is 0.0441. The van der Waals surface area contributed by atoms with Crippen LogP contribution < -0.4 is 10.2 Å². The third kappa shape index (κ3) is 3.06. The number of benzene rings is 2. The number of anilines is 1. The Morgan fingerprint density at radius 1 is 1.03 bits per heavy atom. The average molecular weight is 450 g/mol. The van der Waals surface area contributed by atoms with Gasteiger partial charge in [0.15, 0.2) is 0 Å². The standard InChI is InChI=1S/C24H19FN2O4S/c25-15-8-10-16(11-9-15)27-21(28)18-19(22(27)29)24(23(30)31,13-14-5-2-1-3-6-14)26-20(18)17-7-4-12-32-17/h1-12,18-20,26H,13H2,(H,30,31)/t18-,19+,20-,24-/m0/s1. The van der Waals surface area contributed by atoms with Crippen molar-refractivity contribution in [2.24, 2.45) is 11.8 Å². The number of hydrogen-bond acceptors (Lipinski definition) is 5. The Bertz CT molecular complexity index is 1180. The first-order valence-electron chi connectivity index (χ1n) is 10.1. The number of halogens is 1. The Morgan fingerprint density at radius 3 is 2.38 bits per heavy atom. The predicted molar refractivity (Wildman–Crippen MR) is 117 cm³/mol. The van der Waals surface area contributed by atoms with Gasteiger partial charge in [-0.25, -0.2) is 9.29 Å². The van der Waals surface area contributed by atoms with Crippen molar-refractivity contribution in [2.45, 2.75) is 18.0 Å². The Kier molecular flexibility index (Phi) is 4.91. The molecule has 4 atom stereocenters. The first-order chi connectivity index (χ1) is 15.4. The molecule has 8 heteroatoms. The lowest BCUT2D eigenvalue weighted by Crippen LogP contribution is -2.57. The molecule has 2 saturated heterocycles. The first kappa shape index (κ1) is 20.5. The van der Waals surface area contributed by atoms with Crippen LogP contribution in [0.15, 0.2) is 72.1 Å². The molecular weight excluding hydrogens is 431 g/mol. The number of imide groups is 1. The lowest BCUT2D eigenvalue weighted by molar-refractivity contribution is -0.148. The zero-order chi connectivity index (χ0) is 22.5. The number of nitrogens with one attached hydrogen (secondary N) is 1. The number of hydrogen-bond donors (Lipinski definition) is 2. The summed E-state index contributed by atoms with van der Waals surface area (Å²) in [5.41, 5.74) is -0.685. The van der Waals surface area contributed by atoms with Crippen LogP contribution in [-0.4, -0.2) is 28.4 Å². The van der Waals surface area contributed by atoms with E-state index < -0.39 is 47.0 Å². The number of amides is 2. The van der Waals surface area contributed by atoms with Crippen molar-refractivity contribution in [3.63, 3.8) is 0 Å². The lowest BCUT2D eigenvalue weighted by Gasteiger charge is -2.31. The Balaban J connectivity index is 1.64. The molecule has 3 aromatic rings. The minimum absolute atomic E-state index is 0.0441. The highest BCUT2D eigenvalue weighted by molar-refractivity contribution is 7.10. The quantitative estimate of drug-likeness (QED) is 0.582. The van der Waals surface area contributed by atoms with Crippen LogP contribution in [0.1, 0.15) is 16.5 Å². The number of thiophene rings is 1. The van der Waals surface area contributed by atoms with Crippen molar-refractivity contribution in [1.82, 2.24) is 5.32 Å². The molecule has 2 aromatic carbocycles. The predicted octanol–water partition coefficient (Wildman–Crippen LogP) is 3.40. The zero-order valence-electron chi connectivity index (χ0n) is 16.8. The highest BCUT2D eigenvalue weighted by atomic mass is 32.1. The summed E-state index contributed by atoms with van der Waals surface area (Å²) in [6, 6.07) is 17.2. The molecule has 2 fully saturated rings. The van der Waals surface area contributed by atoms with Crippen molar-refractivity contribution in [3.8, 4) is 0 Å². The van der Waals surface area contributed by atoms with Gasteiger partial charge in [-0.15, -0.1) is 11.3 Å². The van der Waals surface area contributed by atoms with Crippen molar-refractivity contribution in [1.29, 1.82) is 0 Å². The maximum absolute atomic E-state index is 13.6. The number of carbonyl (C=O) groups excluding carboxylic acids is 2. The zero-order valence-corrected chi connectivity index (χ0v) is 17.6. The van der Waals surface area contributed by atoms with Gasteiger partial charge in [0.1, 0.15) is 11.4 Å². The van der Waals surface area contributed by atoms with Gasteiger partial charge in [0.05, 0.1) is 23.6 Å². The van der Waals surface area contributed by atoms with Crippen LogP contribution in [0.4, 0.5) is 10.1 Å². The smallest absolute Gasteiger partial charge is 0.325 e. The summed E-state index contributed by atoms with van der Waals surface area (Å²) < 4.78 is 13.4. The van der Waals surface area contributed by atoms with Crippen LogP contribution in [0.5, 0.6) is 0 Å². The van der Waals surface area contributed by atoms with E-state index in [1.165, 1.54) is 35.6 Å². The van der Waals surface area contributed by atoms with E-state index in [0.717, 1.165) is 15.3 Å². The highest BCUT2D eigenvalue weighted by Crippen LogP contribution is 2.51. The normalized spacial score (nSPS) is 27.0. The summed E-state index contributed by atoms with van der Waals surface area (Å²) in [7, 11) is 0. The van der Waals surface area contributed by atoms with Gasteiger partial charge in [0.2, 0.25) is 11.8 Å². The number of carbonyl (C=O) groups is 3. The molecule has 0 unspecified atom stereocenters. The van der Waals surface area contributed by atoms with Gasteiger partial charge in [-0.1, -0.05) is 36.4 Å². The van der Waals surface area contributed by atoms with Crippen molar-refractivity contribution >= 4 is 34.8 Å². The van der Waals surface area contributed by atoms with E-state index in [0.29, 0.717) is 0 Å². The van der Waals surface area contributed by atoms with Gasteiger partial charge in [0.25, 0.3) is 0 Å². The fraction of sp³-hybridized carbons (Fsp3) is 0.208. The number of nitrogens with zero attached hydrogens (tertiary/aromatic N) is 1. The fourth-order valence-corrected chi connectivity index (χ4v) is 5.74. The van der Waals surface area contributed by atoms with Crippen LogP contribution in [-0.2, 0) is 20.8 Å². The van der Waals surface area contributed by atoms with Gasteiger partial charge in [-0.3, -0.25) is 19.7 Å². The molecule has 1 aromatic heterocycles. The molecule has 2 aliphatic heterocycles. The monoisotopic (exact) mass is 450 g/mol. The minimum atomic E-state index is -1.66. The first-order valence-corrected chi connectivity index (χ1v) is 11.0. The maximum Gasteiger partial charge on any atom is 0.325 e. The van der Waals surface area contributed by atoms with Gasteiger partial charge in [-0.05, 0) is 41.3 Å². The number of aliphatic carboxylic acids is 1. The SMILES string of the molecule is O=C1[C@@H]2[C@H](c3cccs3)N[C@](Cc3ccccc3)(C(=O)O)[C@H]2C(=O)N1c1ccc(F)cc1. The minimum Gasteiger partial charge on any atom is -0.480 e. The van der Waals surface area contributed by atoms with E-state index in [-0.39, 0.29) is 12.1 Å².